The van der Waals surface area contributed by atoms with Gasteiger partial charge in [-0.25, -0.2) is 0 Å². The van der Waals surface area contributed by atoms with E-state index in [0.717, 1.165) is 44.5 Å². The van der Waals surface area contributed by atoms with E-state index in [-0.39, 0.29) is 59.3 Å². The normalized spacial score (nSPS) is 16.0. The molecule has 496 valence electrons. The first-order valence-corrected chi connectivity index (χ1v) is 34.0. The molecule has 0 bridgehead atoms. The molecule has 13 heteroatoms. The molecular weight excluding hydrogens is 1300 g/mol. The molecule has 0 spiro atoms. The Labute approximate surface area is 585 Å². The highest BCUT2D eigenvalue weighted by molar-refractivity contribution is 9.10. The van der Waals surface area contributed by atoms with Crippen molar-refractivity contribution in [1.29, 1.82) is 0 Å². The van der Waals surface area contributed by atoms with E-state index in [1.807, 2.05) is 291 Å². The van der Waals surface area contributed by atoms with E-state index in [1.165, 1.54) is 0 Å². The molecule has 12 nitrogen and oxygen atoms in total. The Balaban J connectivity index is 0.965. The number of halogens is 1. The van der Waals surface area contributed by atoms with Gasteiger partial charge in [-0.05, 0) is 95.8 Å². The van der Waals surface area contributed by atoms with Crippen molar-refractivity contribution in [3.05, 3.63) is 368 Å². The van der Waals surface area contributed by atoms with E-state index in [1.54, 1.807) is 0 Å². The predicted octanol–water partition coefficient (Wildman–Crippen LogP) is 18.7. The molecular formula is C86H73BrO12. The number of fused-ring (bicyclic) bond motifs is 2. The van der Waals surface area contributed by atoms with Crippen LogP contribution in [0.4, 0.5) is 0 Å². The summed E-state index contributed by atoms with van der Waals surface area (Å²) >= 11 is 4.06. The van der Waals surface area contributed by atoms with Crippen LogP contribution in [0.5, 0.6) is 57.5 Å². The van der Waals surface area contributed by atoms with Crippen LogP contribution in [0.2, 0.25) is 0 Å². The zero-order chi connectivity index (χ0) is 67.1. The van der Waals surface area contributed by atoms with Crippen LogP contribution in [0.3, 0.4) is 0 Å². The molecule has 0 fully saturated rings. The van der Waals surface area contributed by atoms with E-state index >= 15 is 0 Å². The van der Waals surface area contributed by atoms with Gasteiger partial charge in [0.05, 0.1) is 12.0 Å². The number of hydrogen-bond donors (Lipinski definition) is 2. The summed E-state index contributed by atoms with van der Waals surface area (Å²) in [6.45, 7) is 1.67. The summed E-state index contributed by atoms with van der Waals surface area (Å²) in [6.07, 6.45) is -4.71. The summed E-state index contributed by atoms with van der Waals surface area (Å²) < 4.78 is 70.1. The minimum atomic E-state index is -1.45. The highest BCUT2D eigenvalue weighted by Gasteiger charge is 2.48. The molecule has 0 radical (unpaired) electrons. The third kappa shape index (κ3) is 15.9. The van der Waals surface area contributed by atoms with Crippen LogP contribution in [-0.2, 0) is 59.3 Å². The molecule has 2 aliphatic heterocycles. The van der Waals surface area contributed by atoms with Gasteiger partial charge in [0.15, 0.2) is 29.1 Å². The smallest absolute Gasteiger partial charge is 0.162 e. The maximum absolute atomic E-state index is 14.2. The molecule has 2 aliphatic rings. The second-order valence-corrected chi connectivity index (χ2v) is 25.2. The molecule has 0 saturated carbocycles. The van der Waals surface area contributed by atoms with Crippen molar-refractivity contribution in [3.63, 3.8) is 0 Å². The molecule has 2 heterocycles. The topological polar surface area (TPSA) is 133 Å². The van der Waals surface area contributed by atoms with Crippen molar-refractivity contribution >= 4 is 15.9 Å². The summed E-state index contributed by atoms with van der Waals surface area (Å²) in [5, 5.41) is 27.1. The third-order valence-corrected chi connectivity index (χ3v) is 18.3. The van der Waals surface area contributed by atoms with E-state index in [4.69, 9.17) is 47.4 Å². The Morgan fingerprint density at radius 2 is 0.576 bits per heavy atom. The van der Waals surface area contributed by atoms with Crippen molar-refractivity contribution in [1.82, 2.24) is 0 Å². The van der Waals surface area contributed by atoms with Gasteiger partial charge in [0.1, 0.15) is 104 Å². The quantitative estimate of drug-likeness (QED) is 0.0508. The summed E-state index contributed by atoms with van der Waals surface area (Å²) in [6, 6.07) is 94.4. The summed E-state index contributed by atoms with van der Waals surface area (Å²) in [4.78, 5) is 0. The zero-order valence-corrected chi connectivity index (χ0v) is 55.9. The lowest BCUT2D eigenvalue weighted by Gasteiger charge is -2.41. The van der Waals surface area contributed by atoms with Gasteiger partial charge in [-0.15, -0.1) is 0 Å². The molecule has 2 N–H and O–H groups in total. The minimum absolute atomic E-state index is 0.0536. The lowest BCUT2D eigenvalue weighted by atomic mass is 9.77. The van der Waals surface area contributed by atoms with Crippen molar-refractivity contribution in [2.24, 2.45) is 0 Å². The van der Waals surface area contributed by atoms with Gasteiger partial charge in [-0.3, -0.25) is 0 Å². The van der Waals surface area contributed by atoms with Gasteiger partial charge in [0.25, 0.3) is 0 Å². The van der Waals surface area contributed by atoms with Crippen molar-refractivity contribution in [3.8, 4) is 57.5 Å². The highest BCUT2D eigenvalue weighted by atomic mass is 79.9. The van der Waals surface area contributed by atoms with Crippen molar-refractivity contribution in [2.75, 3.05) is 0 Å². The van der Waals surface area contributed by atoms with Crippen LogP contribution >= 0.6 is 15.9 Å². The predicted molar refractivity (Wildman–Crippen MR) is 384 cm³/mol. The van der Waals surface area contributed by atoms with Gasteiger partial charge in [-0.1, -0.05) is 255 Å². The van der Waals surface area contributed by atoms with Crippen molar-refractivity contribution < 1.29 is 57.6 Å². The Morgan fingerprint density at radius 1 is 0.293 bits per heavy atom. The molecule has 0 aromatic heterocycles. The fourth-order valence-electron chi connectivity index (χ4n) is 12.5. The third-order valence-electron chi connectivity index (χ3n) is 17.5. The summed E-state index contributed by atoms with van der Waals surface area (Å²) in [7, 11) is 0. The SMILES string of the molecule is O[C@H]1[C@H](c2c(OCc3ccccc3)cc(OCc3ccccc3)c3c2O[C@H](c2ccc(OCc4ccccc4)c(OCc4ccccc4)c2)[C@H](O)C3)c2c(OCc3ccccc3)cc(OCc3ccccc3)c(Br)c2O[C@@H]1c1ccc(OCc2ccccc2)c(OCc2ccccc2)c1. The fourth-order valence-corrected chi connectivity index (χ4v) is 13.0. The Bertz CT molecular complexity index is 4590. The first-order chi connectivity index (χ1) is 48.8. The summed E-state index contributed by atoms with van der Waals surface area (Å²) in [5.74, 6) is 3.02. The largest absolute Gasteiger partial charge is 0.488 e. The Kier molecular flexibility index (Phi) is 20.8. The van der Waals surface area contributed by atoms with Crippen LogP contribution in [0, 0.1) is 0 Å². The second kappa shape index (κ2) is 31.5. The molecule has 12 aromatic carbocycles. The number of aliphatic hydroxyl groups is 2. The molecule has 12 aromatic rings. The zero-order valence-electron chi connectivity index (χ0n) is 54.3. The maximum Gasteiger partial charge on any atom is 0.162 e. The number of benzene rings is 12. The van der Waals surface area contributed by atoms with Crippen LogP contribution in [0.1, 0.15) is 90.5 Å². The lowest BCUT2D eigenvalue weighted by Crippen LogP contribution is -2.37. The van der Waals surface area contributed by atoms with Gasteiger partial charge in [0.2, 0.25) is 0 Å². The first kappa shape index (κ1) is 65.3. The Morgan fingerprint density at radius 3 is 0.939 bits per heavy atom. The van der Waals surface area contributed by atoms with Gasteiger partial charge in [-0.2, -0.15) is 0 Å². The van der Waals surface area contributed by atoms with Gasteiger partial charge >= 0.3 is 0 Å². The molecule has 5 atom stereocenters. The number of rotatable bonds is 27. The Hall–Kier alpha value is -11.0. The average Bonchev–Trinajstić information content (AvgIpc) is 0.719. The average molecular weight is 1380 g/mol. The standard InChI is InChI=1S/C86H73BrO12/c87-81-77(97-57-65-39-23-8-24-40-65)49-76(96-56-64-37-21-7-22-38-64)79-80(82(89)84(99-86(79)81)67-42-44-71(91-51-59-27-11-2-12-28-59)74(46-67)94-54-62-33-17-5-18-34-62)78-75(95-55-63-35-19-6-20-36-63)48-72(92-52-60-29-13-3-14-30-60)68-47-69(88)83(98-85(68)78)66-41-43-70(90-50-58-25-9-1-10-26-58)73(45-66)93-53-61-31-15-4-16-32-61/h1-46,48-49,69,80,82-84,88-89H,47,50-57H2/t69-,80-,82+,83-,84-/m1/s1. The van der Waals surface area contributed by atoms with Crippen LogP contribution in [0.25, 0.3) is 0 Å². The fraction of sp³-hybridized carbons (Fsp3) is 0.163. The van der Waals surface area contributed by atoms with E-state index in [0.29, 0.717) is 89.8 Å². The van der Waals surface area contributed by atoms with Gasteiger partial charge < -0.3 is 57.6 Å². The number of ether oxygens (including phenoxy) is 10. The minimum Gasteiger partial charge on any atom is -0.488 e. The molecule has 0 amide bonds. The molecule has 14 rings (SSSR count). The molecule has 0 saturated heterocycles. The van der Waals surface area contributed by atoms with Crippen LogP contribution < -0.4 is 47.4 Å². The van der Waals surface area contributed by atoms with Crippen LogP contribution in [-0.4, -0.2) is 22.4 Å². The first-order valence-electron chi connectivity index (χ1n) is 33.2. The van der Waals surface area contributed by atoms with E-state index in [9.17, 15) is 10.2 Å². The highest BCUT2D eigenvalue weighted by Crippen LogP contribution is 2.60. The van der Waals surface area contributed by atoms with Crippen molar-refractivity contribution in [2.45, 2.75) is 89.6 Å². The van der Waals surface area contributed by atoms with E-state index in [2.05, 4.69) is 15.9 Å². The second-order valence-electron chi connectivity index (χ2n) is 24.4. The van der Waals surface area contributed by atoms with Crippen LogP contribution in [0.15, 0.2) is 296 Å². The number of aliphatic hydroxyl groups excluding tert-OH is 2. The maximum atomic E-state index is 14.2. The number of hydrogen-bond acceptors (Lipinski definition) is 12. The van der Waals surface area contributed by atoms with Gasteiger partial charge in [0, 0.05) is 35.2 Å². The molecule has 0 aliphatic carbocycles. The summed E-state index contributed by atoms with van der Waals surface area (Å²) in [5.41, 5.74) is 10.2. The monoisotopic (exact) mass is 1380 g/mol. The lowest BCUT2D eigenvalue weighted by molar-refractivity contribution is 0.0000800. The van der Waals surface area contributed by atoms with E-state index < -0.39 is 30.3 Å². The molecule has 99 heavy (non-hydrogen) atoms. The molecule has 0 unspecified atom stereocenters.